The first-order valence-electron chi connectivity index (χ1n) is 10.2. The molecule has 6 nitrogen and oxygen atoms in total. The molecule has 0 radical (unpaired) electrons. The number of halogens is 1. The lowest BCUT2D eigenvalue weighted by Gasteiger charge is -2.14. The first-order valence-corrected chi connectivity index (χ1v) is 10.6. The summed E-state index contributed by atoms with van der Waals surface area (Å²) in [5.41, 5.74) is 15.5. The molecule has 1 aliphatic rings. The number of anilines is 2. The van der Waals surface area contributed by atoms with Gasteiger partial charge in [-0.2, -0.15) is 4.98 Å². The highest BCUT2D eigenvalue weighted by Crippen LogP contribution is 2.47. The van der Waals surface area contributed by atoms with E-state index in [2.05, 4.69) is 16.9 Å². The van der Waals surface area contributed by atoms with Gasteiger partial charge in [0.2, 0.25) is 5.95 Å². The van der Waals surface area contributed by atoms with Crippen molar-refractivity contribution in [1.82, 2.24) is 9.97 Å². The molecule has 0 bridgehead atoms. The van der Waals surface area contributed by atoms with E-state index in [4.69, 9.17) is 32.5 Å². The van der Waals surface area contributed by atoms with Crippen molar-refractivity contribution in [2.75, 3.05) is 18.1 Å². The zero-order chi connectivity index (χ0) is 22.2. The highest BCUT2D eigenvalue weighted by Gasteiger charge is 2.29. The molecule has 0 saturated carbocycles. The van der Waals surface area contributed by atoms with E-state index in [0.29, 0.717) is 45.6 Å². The first-order chi connectivity index (χ1) is 15.5. The predicted octanol–water partition coefficient (Wildman–Crippen LogP) is 5.91. The molecule has 1 atom stereocenters. The van der Waals surface area contributed by atoms with E-state index in [-0.39, 0.29) is 11.9 Å². The predicted molar refractivity (Wildman–Crippen MR) is 129 cm³/mol. The molecule has 1 aromatic heterocycles. The van der Waals surface area contributed by atoms with Gasteiger partial charge in [-0.05, 0) is 35.4 Å². The molecule has 5 rings (SSSR count). The number of nitrogens with zero attached hydrogens (tertiary/aromatic N) is 2. The molecule has 0 spiro atoms. The van der Waals surface area contributed by atoms with Crippen LogP contribution in [0.15, 0.2) is 54.6 Å². The van der Waals surface area contributed by atoms with E-state index in [1.54, 1.807) is 0 Å². The number of rotatable bonds is 4. The maximum atomic E-state index is 6.31. The maximum absolute atomic E-state index is 6.31. The van der Waals surface area contributed by atoms with Crippen molar-refractivity contribution in [2.24, 2.45) is 0 Å². The standard InChI is InChI=1S/C25H21ClN4O2/c1-14-13-31-23-21(14)20(12-19-22(23)24(27)30-25(28)29-19)32-18-7-3-5-16(11-18)9-8-15-4-2-6-17(26)10-15/h2-12,14H,13H2,1H3,(H4,27,28,29,30)/b9-8+. The Morgan fingerprint density at radius 1 is 1.03 bits per heavy atom. The Labute approximate surface area is 190 Å². The highest BCUT2D eigenvalue weighted by atomic mass is 35.5. The summed E-state index contributed by atoms with van der Waals surface area (Å²) < 4.78 is 12.3. The minimum atomic E-state index is 0.111. The summed E-state index contributed by atoms with van der Waals surface area (Å²) in [6.07, 6.45) is 4.03. The van der Waals surface area contributed by atoms with E-state index in [1.165, 1.54) is 0 Å². The van der Waals surface area contributed by atoms with Crippen LogP contribution in [0.25, 0.3) is 23.1 Å². The summed E-state index contributed by atoms with van der Waals surface area (Å²) in [5.74, 6) is 2.60. The molecule has 0 amide bonds. The van der Waals surface area contributed by atoms with Crippen LogP contribution in [0, 0.1) is 0 Å². The third kappa shape index (κ3) is 3.81. The number of hydrogen-bond donors (Lipinski definition) is 2. The SMILES string of the molecule is CC1COc2c1c(Oc1cccc(/C=C/c3cccc(Cl)c3)c1)cc1nc(N)nc(N)c21. The number of fused-ring (bicyclic) bond motifs is 3. The van der Waals surface area contributed by atoms with E-state index in [9.17, 15) is 0 Å². The molecule has 3 aromatic carbocycles. The largest absolute Gasteiger partial charge is 0.492 e. The van der Waals surface area contributed by atoms with Crippen molar-refractivity contribution in [3.63, 3.8) is 0 Å². The van der Waals surface area contributed by atoms with Crippen LogP contribution in [0.5, 0.6) is 17.2 Å². The van der Waals surface area contributed by atoms with E-state index in [1.807, 2.05) is 66.7 Å². The van der Waals surface area contributed by atoms with Gasteiger partial charge in [0.1, 0.15) is 23.1 Å². The van der Waals surface area contributed by atoms with Crippen molar-refractivity contribution >= 4 is 46.4 Å². The number of nitrogens with two attached hydrogens (primary N) is 2. The second-order valence-electron chi connectivity index (χ2n) is 7.75. The van der Waals surface area contributed by atoms with Gasteiger partial charge in [-0.15, -0.1) is 0 Å². The lowest BCUT2D eigenvalue weighted by atomic mass is 9.99. The second kappa shape index (κ2) is 8.05. The van der Waals surface area contributed by atoms with Gasteiger partial charge in [0.25, 0.3) is 0 Å². The lowest BCUT2D eigenvalue weighted by Crippen LogP contribution is -2.02. The van der Waals surface area contributed by atoms with Crippen molar-refractivity contribution in [1.29, 1.82) is 0 Å². The van der Waals surface area contributed by atoms with Crippen LogP contribution in [0.1, 0.15) is 29.5 Å². The normalized spacial score (nSPS) is 15.1. The van der Waals surface area contributed by atoms with Crippen LogP contribution < -0.4 is 20.9 Å². The molecule has 4 aromatic rings. The quantitative estimate of drug-likeness (QED) is 0.380. The highest BCUT2D eigenvalue weighted by molar-refractivity contribution is 6.30. The Hall–Kier alpha value is -3.77. The van der Waals surface area contributed by atoms with E-state index in [0.717, 1.165) is 16.7 Å². The topological polar surface area (TPSA) is 96.3 Å². The van der Waals surface area contributed by atoms with Crippen LogP contribution in [0.3, 0.4) is 0 Å². The summed E-state index contributed by atoms with van der Waals surface area (Å²) in [7, 11) is 0. The van der Waals surface area contributed by atoms with Crippen LogP contribution in [0.4, 0.5) is 11.8 Å². The molecular formula is C25H21ClN4O2. The maximum Gasteiger partial charge on any atom is 0.222 e. The van der Waals surface area contributed by atoms with E-state index < -0.39 is 0 Å². The number of ether oxygens (including phenoxy) is 2. The Morgan fingerprint density at radius 3 is 2.56 bits per heavy atom. The fourth-order valence-corrected chi connectivity index (χ4v) is 4.10. The first kappa shape index (κ1) is 20.2. The van der Waals surface area contributed by atoms with Gasteiger partial charge >= 0.3 is 0 Å². The zero-order valence-corrected chi connectivity index (χ0v) is 18.1. The van der Waals surface area contributed by atoms with Gasteiger partial charge in [-0.25, -0.2) is 4.98 Å². The minimum Gasteiger partial charge on any atom is -0.492 e. The van der Waals surface area contributed by atoms with Gasteiger partial charge < -0.3 is 20.9 Å². The molecule has 7 heteroatoms. The Bertz CT molecular complexity index is 1370. The average molecular weight is 445 g/mol. The third-order valence-electron chi connectivity index (χ3n) is 5.36. The fourth-order valence-electron chi connectivity index (χ4n) is 3.90. The van der Waals surface area contributed by atoms with Gasteiger partial charge in [-0.3, -0.25) is 0 Å². The molecule has 0 aliphatic carbocycles. The molecule has 2 heterocycles. The fraction of sp³-hybridized carbons (Fsp3) is 0.120. The van der Waals surface area contributed by atoms with Crippen LogP contribution >= 0.6 is 11.6 Å². The Balaban J connectivity index is 1.51. The van der Waals surface area contributed by atoms with Crippen molar-refractivity contribution in [2.45, 2.75) is 12.8 Å². The van der Waals surface area contributed by atoms with Crippen molar-refractivity contribution < 1.29 is 9.47 Å². The average Bonchev–Trinajstić information content (AvgIpc) is 3.14. The number of aromatic nitrogens is 2. The molecule has 0 fully saturated rings. The summed E-state index contributed by atoms with van der Waals surface area (Å²) >= 11 is 6.07. The summed E-state index contributed by atoms with van der Waals surface area (Å²) in [6.45, 7) is 2.63. The third-order valence-corrected chi connectivity index (χ3v) is 5.60. The summed E-state index contributed by atoms with van der Waals surface area (Å²) in [6, 6.07) is 17.4. The van der Waals surface area contributed by atoms with Crippen molar-refractivity contribution in [3.05, 3.63) is 76.3 Å². The van der Waals surface area contributed by atoms with Crippen LogP contribution in [-0.2, 0) is 0 Å². The van der Waals surface area contributed by atoms with Gasteiger partial charge in [0.05, 0.1) is 17.5 Å². The number of hydrogen-bond acceptors (Lipinski definition) is 6. The monoisotopic (exact) mass is 444 g/mol. The van der Waals surface area contributed by atoms with E-state index >= 15 is 0 Å². The molecule has 4 N–H and O–H groups in total. The van der Waals surface area contributed by atoms with Crippen molar-refractivity contribution in [3.8, 4) is 17.2 Å². The molecular weight excluding hydrogens is 424 g/mol. The smallest absolute Gasteiger partial charge is 0.222 e. The molecule has 160 valence electrons. The zero-order valence-electron chi connectivity index (χ0n) is 17.4. The minimum absolute atomic E-state index is 0.111. The molecule has 0 saturated heterocycles. The lowest BCUT2D eigenvalue weighted by molar-refractivity contribution is 0.340. The molecule has 32 heavy (non-hydrogen) atoms. The van der Waals surface area contributed by atoms with Gasteiger partial charge in [0, 0.05) is 22.6 Å². The van der Waals surface area contributed by atoms with Crippen LogP contribution in [0.2, 0.25) is 5.02 Å². The molecule has 1 aliphatic heterocycles. The van der Waals surface area contributed by atoms with Gasteiger partial charge in [-0.1, -0.05) is 54.9 Å². The number of nitrogen functional groups attached to an aromatic ring is 2. The van der Waals surface area contributed by atoms with Gasteiger partial charge in [0.15, 0.2) is 0 Å². The Morgan fingerprint density at radius 2 is 1.78 bits per heavy atom. The van der Waals surface area contributed by atoms with Crippen LogP contribution in [-0.4, -0.2) is 16.6 Å². The number of benzene rings is 3. The molecule has 1 unspecified atom stereocenters. The Kier molecular flexibility index (Phi) is 5.07. The summed E-state index contributed by atoms with van der Waals surface area (Å²) in [4.78, 5) is 8.42. The second-order valence-corrected chi connectivity index (χ2v) is 8.19. The summed E-state index contributed by atoms with van der Waals surface area (Å²) in [5, 5.41) is 1.37.